The normalized spacial score (nSPS) is 16.4. The van der Waals surface area contributed by atoms with Gasteiger partial charge in [-0.05, 0) is 26.3 Å². The molecule has 0 aliphatic carbocycles. The van der Waals surface area contributed by atoms with E-state index in [9.17, 15) is 14.9 Å². The molecular weight excluding hydrogens is 358 g/mol. The van der Waals surface area contributed by atoms with Crippen LogP contribution in [0, 0.1) is 10.1 Å². The zero-order chi connectivity index (χ0) is 20.3. The molecule has 0 saturated heterocycles. The van der Waals surface area contributed by atoms with Crippen LogP contribution in [0.15, 0.2) is 70.9 Å². The van der Waals surface area contributed by atoms with Gasteiger partial charge in [0.25, 0.3) is 5.69 Å². The van der Waals surface area contributed by atoms with Crippen molar-refractivity contribution >= 4 is 17.5 Å². The van der Waals surface area contributed by atoms with Gasteiger partial charge >= 0.3 is 5.97 Å². The van der Waals surface area contributed by atoms with Crippen molar-refractivity contribution in [2.75, 3.05) is 0 Å². The van der Waals surface area contributed by atoms with Gasteiger partial charge < -0.3 is 10.1 Å². The van der Waals surface area contributed by atoms with Gasteiger partial charge in [0.2, 0.25) is 0 Å². The molecular formula is C21H21N3O4. The summed E-state index contributed by atoms with van der Waals surface area (Å²) >= 11 is 0. The fraction of sp³-hybridized carbons (Fsp3) is 0.238. The van der Waals surface area contributed by atoms with Gasteiger partial charge in [-0.2, -0.15) is 0 Å². The highest BCUT2D eigenvalue weighted by Gasteiger charge is 2.31. The Labute approximate surface area is 162 Å². The van der Waals surface area contributed by atoms with Crippen molar-refractivity contribution in [3.05, 3.63) is 87.1 Å². The van der Waals surface area contributed by atoms with E-state index in [-0.39, 0.29) is 11.8 Å². The molecule has 0 bridgehead atoms. The predicted octanol–water partition coefficient (Wildman–Crippen LogP) is 3.91. The third-order valence-corrected chi connectivity index (χ3v) is 4.25. The molecule has 0 aromatic heterocycles. The number of amidine groups is 1. The lowest BCUT2D eigenvalue weighted by atomic mass is 9.95. The molecule has 1 aliphatic heterocycles. The van der Waals surface area contributed by atoms with Crippen molar-refractivity contribution in [1.82, 2.24) is 5.32 Å². The van der Waals surface area contributed by atoms with E-state index in [2.05, 4.69) is 5.32 Å². The molecule has 0 amide bonds. The van der Waals surface area contributed by atoms with E-state index in [1.165, 1.54) is 12.1 Å². The fourth-order valence-electron chi connectivity index (χ4n) is 3.01. The molecule has 2 aromatic rings. The maximum absolute atomic E-state index is 12.7. The molecule has 1 N–H and O–H groups in total. The fourth-order valence-corrected chi connectivity index (χ4v) is 3.01. The Kier molecular flexibility index (Phi) is 5.54. The molecule has 7 heteroatoms. The molecule has 1 unspecified atom stereocenters. The van der Waals surface area contributed by atoms with Gasteiger partial charge in [0.1, 0.15) is 11.9 Å². The summed E-state index contributed by atoms with van der Waals surface area (Å²) in [7, 11) is 0. The monoisotopic (exact) mass is 379 g/mol. The molecule has 0 radical (unpaired) electrons. The second-order valence-corrected chi connectivity index (χ2v) is 6.72. The summed E-state index contributed by atoms with van der Waals surface area (Å²) in [6, 6.07) is 15.0. The molecule has 144 valence electrons. The van der Waals surface area contributed by atoms with Crippen LogP contribution in [0.5, 0.6) is 0 Å². The highest BCUT2D eigenvalue weighted by Crippen LogP contribution is 2.34. The number of nitrogens with one attached hydrogen (secondary N) is 1. The molecule has 0 fully saturated rings. The second-order valence-electron chi connectivity index (χ2n) is 6.72. The summed E-state index contributed by atoms with van der Waals surface area (Å²) in [6.45, 7) is 5.31. The molecule has 0 saturated carbocycles. The Morgan fingerprint density at radius 1 is 1.18 bits per heavy atom. The van der Waals surface area contributed by atoms with Crippen LogP contribution in [0.1, 0.15) is 37.9 Å². The quantitative estimate of drug-likeness (QED) is 0.483. The lowest BCUT2D eigenvalue weighted by Gasteiger charge is -2.26. The number of rotatable bonds is 5. The van der Waals surface area contributed by atoms with Crippen LogP contribution in [0.25, 0.3) is 0 Å². The molecule has 7 nitrogen and oxygen atoms in total. The Hall–Kier alpha value is -3.48. The van der Waals surface area contributed by atoms with Gasteiger partial charge in [-0.15, -0.1) is 0 Å². The summed E-state index contributed by atoms with van der Waals surface area (Å²) in [5.41, 5.74) is 2.30. The van der Waals surface area contributed by atoms with Gasteiger partial charge in [-0.3, -0.25) is 15.1 Å². The van der Waals surface area contributed by atoms with E-state index in [0.29, 0.717) is 22.7 Å². The van der Waals surface area contributed by atoms with E-state index in [4.69, 9.17) is 9.73 Å². The average molecular weight is 379 g/mol. The summed E-state index contributed by atoms with van der Waals surface area (Å²) in [5.74, 6) is 0.100. The number of non-ortho nitro benzene ring substituents is 1. The topological polar surface area (TPSA) is 93.8 Å². The van der Waals surface area contributed by atoms with E-state index in [1.54, 1.807) is 32.9 Å². The lowest BCUT2D eigenvalue weighted by molar-refractivity contribution is -0.384. The summed E-state index contributed by atoms with van der Waals surface area (Å²) < 4.78 is 5.39. The molecule has 0 spiro atoms. The number of nitrogens with zero attached hydrogens (tertiary/aromatic N) is 2. The number of aliphatic imine (C=N–C) groups is 1. The van der Waals surface area contributed by atoms with Crippen molar-refractivity contribution in [2.45, 2.75) is 32.9 Å². The molecule has 1 heterocycles. The summed E-state index contributed by atoms with van der Waals surface area (Å²) in [6.07, 6.45) is -0.293. The molecule has 1 atom stereocenters. The van der Waals surface area contributed by atoms with Gasteiger partial charge in [0.15, 0.2) is 0 Å². The van der Waals surface area contributed by atoms with E-state index in [0.717, 1.165) is 5.56 Å². The van der Waals surface area contributed by atoms with Crippen molar-refractivity contribution in [1.29, 1.82) is 0 Å². The smallest absolute Gasteiger partial charge is 0.338 e. The third kappa shape index (κ3) is 4.09. The van der Waals surface area contributed by atoms with Gasteiger partial charge in [0.05, 0.1) is 16.6 Å². The number of carbonyl (C=O) groups is 1. The first-order valence-corrected chi connectivity index (χ1v) is 8.93. The van der Waals surface area contributed by atoms with Crippen LogP contribution in [-0.2, 0) is 9.53 Å². The van der Waals surface area contributed by atoms with Crippen molar-refractivity contribution in [3.63, 3.8) is 0 Å². The van der Waals surface area contributed by atoms with Crippen LogP contribution in [0.4, 0.5) is 5.69 Å². The largest absolute Gasteiger partial charge is 0.459 e. The number of ether oxygens (including phenoxy) is 1. The number of carbonyl (C=O) groups excluding carboxylic acids is 1. The molecule has 3 rings (SSSR count). The third-order valence-electron chi connectivity index (χ3n) is 4.25. The number of nitro benzene ring substituents is 1. The zero-order valence-corrected chi connectivity index (χ0v) is 15.9. The highest BCUT2D eigenvalue weighted by molar-refractivity contribution is 6.03. The van der Waals surface area contributed by atoms with Gasteiger partial charge in [-0.1, -0.05) is 42.5 Å². The minimum atomic E-state index is -0.706. The Morgan fingerprint density at radius 3 is 2.54 bits per heavy atom. The number of benzene rings is 2. The molecule has 1 aliphatic rings. The number of hydrogen-bond donors (Lipinski definition) is 1. The summed E-state index contributed by atoms with van der Waals surface area (Å²) in [5, 5.41) is 14.4. The number of allylic oxidation sites excluding steroid dienone is 1. The first-order valence-electron chi connectivity index (χ1n) is 8.93. The predicted molar refractivity (Wildman–Crippen MR) is 106 cm³/mol. The second kappa shape index (κ2) is 8.04. The van der Waals surface area contributed by atoms with Crippen LogP contribution in [0.3, 0.4) is 0 Å². The SMILES string of the molecule is CC1=C(C(=O)OC(C)C)C(c2cccc([N+](=O)[O-])c2)N=C(c2ccccc2)N1. The Morgan fingerprint density at radius 2 is 1.89 bits per heavy atom. The first-order chi connectivity index (χ1) is 13.4. The Bertz CT molecular complexity index is 965. The average Bonchev–Trinajstić information content (AvgIpc) is 2.67. The van der Waals surface area contributed by atoms with Crippen LogP contribution < -0.4 is 5.32 Å². The van der Waals surface area contributed by atoms with Crippen molar-refractivity contribution in [2.24, 2.45) is 4.99 Å². The molecule has 28 heavy (non-hydrogen) atoms. The first kappa shape index (κ1) is 19.3. The summed E-state index contributed by atoms with van der Waals surface area (Å²) in [4.78, 5) is 28.2. The van der Waals surface area contributed by atoms with Crippen LogP contribution >= 0.6 is 0 Å². The number of nitro groups is 1. The van der Waals surface area contributed by atoms with E-state index in [1.807, 2.05) is 30.3 Å². The minimum Gasteiger partial charge on any atom is -0.459 e. The molecule has 2 aromatic carbocycles. The number of esters is 1. The lowest BCUT2D eigenvalue weighted by Crippen LogP contribution is -2.33. The highest BCUT2D eigenvalue weighted by atomic mass is 16.6. The minimum absolute atomic E-state index is 0.0540. The van der Waals surface area contributed by atoms with Gasteiger partial charge in [0, 0.05) is 23.4 Å². The van der Waals surface area contributed by atoms with Crippen LogP contribution in [0.2, 0.25) is 0 Å². The standard InChI is InChI=1S/C21H21N3O4/c1-13(2)28-21(25)18-14(3)22-20(15-8-5-4-6-9-15)23-19(18)16-10-7-11-17(12-16)24(26)27/h4-13,19H,1-3H3,(H,22,23). The van der Waals surface area contributed by atoms with E-state index >= 15 is 0 Å². The maximum atomic E-state index is 12.7. The van der Waals surface area contributed by atoms with Crippen LogP contribution in [-0.4, -0.2) is 22.8 Å². The number of hydrogen-bond acceptors (Lipinski definition) is 6. The maximum Gasteiger partial charge on any atom is 0.338 e. The van der Waals surface area contributed by atoms with E-state index < -0.39 is 16.9 Å². The van der Waals surface area contributed by atoms with Crippen molar-refractivity contribution in [3.8, 4) is 0 Å². The van der Waals surface area contributed by atoms with Gasteiger partial charge in [-0.25, -0.2) is 4.79 Å². The van der Waals surface area contributed by atoms with Crippen molar-refractivity contribution < 1.29 is 14.5 Å². The zero-order valence-electron chi connectivity index (χ0n) is 15.9. The Balaban J connectivity index is 2.10.